The summed E-state index contributed by atoms with van der Waals surface area (Å²) in [5, 5.41) is 3.24. The lowest BCUT2D eigenvalue weighted by molar-refractivity contribution is -0.136. The van der Waals surface area contributed by atoms with E-state index in [1.807, 2.05) is 31.9 Å². The normalized spacial score (nSPS) is 19.3. The van der Waals surface area contributed by atoms with Crippen LogP contribution in [-0.2, 0) is 11.3 Å². The molecule has 5 heteroatoms. The van der Waals surface area contributed by atoms with Gasteiger partial charge in [0.15, 0.2) is 0 Å². The van der Waals surface area contributed by atoms with Crippen molar-refractivity contribution >= 4 is 5.91 Å². The molecule has 2 heterocycles. The highest BCUT2D eigenvalue weighted by Gasteiger charge is 2.27. The number of rotatable bonds is 4. The van der Waals surface area contributed by atoms with Crippen molar-refractivity contribution in [1.29, 1.82) is 0 Å². The zero-order valence-corrected chi connectivity index (χ0v) is 12.7. The highest BCUT2D eigenvalue weighted by atomic mass is 16.5. The summed E-state index contributed by atoms with van der Waals surface area (Å²) in [5.41, 5.74) is 2.95. The van der Waals surface area contributed by atoms with Crippen LogP contribution in [0.5, 0.6) is 5.75 Å². The number of aryl methyl sites for hydroxylation is 1. The van der Waals surface area contributed by atoms with Crippen molar-refractivity contribution < 1.29 is 9.53 Å². The number of piperazine rings is 1. The van der Waals surface area contributed by atoms with Crippen LogP contribution in [0.3, 0.4) is 0 Å². The number of hydrogen-bond acceptors (Lipinski definition) is 4. The first-order valence-corrected chi connectivity index (χ1v) is 7.09. The molecule has 1 saturated heterocycles. The fraction of sp³-hybridized carbons (Fsp3) is 0.600. The Hall–Kier alpha value is -1.62. The molecule has 0 spiro atoms. The molecular weight excluding hydrogens is 254 g/mol. The Balaban J connectivity index is 2.20. The SMILES string of the molecule is CCC1NCCN(Cc2ncc(C)c(OC)c2C)C1=O. The summed E-state index contributed by atoms with van der Waals surface area (Å²) in [5.74, 6) is 1.03. The van der Waals surface area contributed by atoms with Gasteiger partial charge in [-0.3, -0.25) is 9.78 Å². The average Bonchev–Trinajstić information content (AvgIpc) is 2.44. The minimum Gasteiger partial charge on any atom is -0.496 e. The Morgan fingerprint density at radius 2 is 2.25 bits per heavy atom. The molecule has 1 aromatic heterocycles. The first kappa shape index (κ1) is 14.8. The van der Waals surface area contributed by atoms with E-state index in [0.717, 1.165) is 42.1 Å². The summed E-state index contributed by atoms with van der Waals surface area (Å²) in [6.45, 7) is 8.12. The van der Waals surface area contributed by atoms with E-state index in [0.29, 0.717) is 6.54 Å². The van der Waals surface area contributed by atoms with Crippen molar-refractivity contribution in [2.45, 2.75) is 39.8 Å². The van der Waals surface area contributed by atoms with E-state index in [2.05, 4.69) is 10.3 Å². The molecular formula is C15H23N3O2. The van der Waals surface area contributed by atoms with Gasteiger partial charge in [-0.15, -0.1) is 0 Å². The number of nitrogens with one attached hydrogen (secondary N) is 1. The van der Waals surface area contributed by atoms with E-state index >= 15 is 0 Å². The molecule has 1 aliphatic rings. The van der Waals surface area contributed by atoms with Crippen LogP contribution < -0.4 is 10.1 Å². The van der Waals surface area contributed by atoms with E-state index in [1.165, 1.54) is 0 Å². The fourth-order valence-electron chi connectivity index (χ4n) is 2.68. The number of amides is 1. The molecule has 1 atom stereocenters. The summed E-state index contributed by atoms with van der Waals surface area (Å²) >= 11 is 0. The van der Waals surface area contributed by atoms with Gasteiger partial charge in [0, 0.05) is 30.4 Å². The number of ether oxygens (including phenoxy) is 1. The molecule has 1 N–H and O–H groups in total. The fourth-order valence-corrected chi connectivity index (χ4v) is 2.68. The highest BCUT2D eigenvalue weighted by molar-refractivity contribution is 5.82. The van der Waals surface area contributed by atoms with Gasteiger partial charge in [-0.05, 0) is 20.3 Å². The first-order valence-electron chi connectivity index (χ1n) is 7.09. The van der Waals surface area contributed by atoms with Crippen molar-refractivity contribution in [2.75, 3.05) is 20.2 Å². The smallest absolute Gasteiger partial charge is 0.240 e. The van der Waals surface area contributed by atoms with Gasteiger partial charge in [-0.25, -0.2) is 0 Å². The first-order chi connectivity index (χ1) is 9.58. The minimum atomic E-state index is -0.0589. The van der Waals surface area contributed by atoms with E-state index < -0.39 is 0 Å². The quantitative estimate of drug-likeness (QED) is 0.904. The van der Waals surface area contributed by atoms with Crippen molar-refractivity contribution in [3.63, 3.8) is 0 Å². The van der Waals surface area contributed by atoms with Crippen molar-refractivity contribution in [3.8, 4) is 5.75 Å². The highest BCUT2D eigenvalue weighted by Crippen LogP contribution is 2.25. The summed E-state index contributed by atoms with van der Waals surface area (Å²) in [4.78, 5) is 18.7. The second-order valence-corrected chi connectivity index (χ2v) is 5.22. The maximum absolute atomic E-state index is 12.3. The maximum Gasteiger partial charge on any atom is 0.240 e. The molecule has 1 unspecified atom stereocenters. The van der Waals surface area contributed by atoms with Crippen LogP contribution in [0.25, 0.3) is 0 Å². The van der Waals surface area contributed by atoms with E-state index in [1.54, 1.807) is 7.11 Å². The molecule has 20 heavy (non-hydrogen) atoms. The number of nitrogens with zero attached hydrogens (tertiary/aromatic N) is 2. The molecule has 5 nitrogen and oxygen atoms in total. The van der Waals surface area contributed by atoms with Crippen molar-refractivity contribution in [1.82, 2.24) is 15.2 Å². The van der Waals surface area contributed by atoms with E-state index in [9.17, 15) is 4.79 Å². The van der Waals surface area contributed by atoms with Gasteiger partial charge >= 0.3 is 0 Å². The Bertz CT molecular complexity index is 502. The number of pyridine rings is 1. The Labute approximate surface area is 120 Å². The van der Waals surface area contributed by atoms with Crippen LogP contribution in [0, 0.1) is 13.8 Å². The number of methoxy groups -OCH3 is 1. The molecule has 1 amide bonds. The molecule has 2 rings (SSSR count). The molecule has 1 aromatic rings. The summed E-state index contributed by atoms with van der Waals surface area (Å²) in [6, 6.07) is -0.0589. The lowest BCUT2D eigenvalue weighted by atomic mass is 10.1. The summed E-state index contributed by atoms with van der Waals surface area (Å²) in [7, 11) is 1.67. The number of hydrogen-bond donors (Lipinski definition) is 1. The largest absolute Gasteiger partial charge is 0.496 e. The second kappa shape index (κ2) is 6.22. The molecule has 110 valence electrons. The minimum absolute atomic E-state index is 0.0589. The van der Waals surface area contributed by atoms with Crippen LogP contribution in [0.2, 0.25) is 0 Å². The van der Waals surface area contributed by atoms with Crippen LogP contribution >= 0.6 is 0 Å². The lowest BCUT2D eigenvalue weighted by Crippen LogP contribution is -2.54. The van der Waals surface area contributed by atoms with Gasteiger partial charge in [-0.1, -0.05) is 6.92 Å². The summed E-state index contributed by atoms with van der Waals surface area (Å²) < 4.78 is 5.42. The van der Waals surface area contributed by atoms with Crippen LogP contribution in [-0.4, -0.2) is 42.0 Å². The zero-order valence-electron chi connectivity index (χ0n) is 12.7. The lowest BCUT2D eigenvalue weighted by Gasteiger charge is -2.33. The van der Waals surface area contributed by atoms with Gasteiger partial charge in [0.05, 0.1) is 25.4 Å². The Morgan fingerprint density at radius 3 is 2.90 bits per heavy atom. The third kappa shape index (κ3) is 2.77. The third-order valence-corrected chi connectivity index (χ3v) is 3.88. The average molecular weight is 277 g/mol. The van der Waals surface area contributed by atoms with Crippen LogP contribution in [0.4, 0.5) is 0 Å². The topological polar surface area (TPSA) is 54.5 Å². The molecule has 0 aliphatic carbocycles. The third-order valence-electron chi connectivity index (χ3n) is 3.88. The van der Waals surface area contributed by atoms with Crippen LogP contribution in [0.1, 0.15) is 30.2 Å². The van der Waals surface area contributed by atoms with Gasteiger partial charge < -0.3 is 15.0 Å². The standard InChI is InChI=1S/C15H23N3O2/c1-5-12-15(19)18(7-6-16-12)9-13-11(3)14(20-4)10(2)8-17-13/h8,12,16H,5-7,9H2,1-4H3. The molecule has 0 aromatic carbocycles. The molecule has 0 radical (unpaired) electrons. The van der Waals surface area contributed by atoms with Crippen LogP contribution in [0.15, 0.2) is 6.20 Å². The second-order valence-electron chi connectivity index (χ2n) is 5.22. The predicted molar refractivity (Wildman–Crippen MR) is 77.8 cm³/mol. The molecule has 0 saturated carbocycles. The van der Waals surface area contributed by atoms with E-state index in [4.69, 9.17) is 4.74 Å². The Kier molecular flexibility index (Phi) is 4.60. The molecule has 1 fully saturated rings. The molecule has 0 bridgehead atoms. The summed E-state index contributed by atoms with van der Waals surface area (Å²) in [6.07, 6.45) is 2.63. The number of carbonyl (C=O) groups is 1. The number of aromatic nitrogens is 1. The monoisotopic (exact) mass is 277 g/mol. The van der Waals surface area contributed by atoms with Gasteiger partial charge in [0.25, 0.3) is 0 Å². The van der Waals surface area contributed by atoms with Gasteiger partial charge in [0.2, 0.25) is 5.91 Å². The van der Waals surface area contributed by atoms with Gasteiger partial charge in [0.1, 0.15) is 5.75 Å². The number of carbonyl (C=O) groups excluding carboxylic acids is 1. The predicted octanol–water partition coefficient (Wildman–Crippen LogP) is 1.42. The molecule has 1 aliphatic heterocycles. The van der Waals surface area contributed by atoms with Crippen molar-refractivity contribution in [2.24, 2.45) is 0 Å². The maximum atomic E-state index is 12.3. The van der Waals surface area contributed by atoms with Gasteiger partial charge in [-0.2, -0.15) is 0 Å². The van der Waals surface area contributed by atoms with Crippen molar-refractivity contribution in [3.05, 3.63) is 23.0 Å². The van der Waals surface area contributed by atoms with E-state index in [-0.39, 0.29) is 11.9 Å². The zero-order chi connectivity index (χ0) is 14.7. The Morgan fingerprint density at radius 1 is 1.50 bits per heavy atom.